The summed E-state index contributed by atoms with van der Waals surface area (Å²) in [7, 11) is 0. The summed E-state index contributed by atoms with van der Waals surface area (Å²) in [5.74, 6) is 0. The van der Waals surface area contributed by atoms with Crippen molar-refractivity contribution in [2.45, 2.75) is 33.1 Å². The van der Waals surface area contributed by atoms with E-state index in [1.807, 2.05) is 0 Å². The summed E-state index contributed by atoms with van der Waals surface area (Å²) in [5, 5.41) is 10.8. The molecule has 168 valence electrons. The van der Waals surface area contributed by atoms with Gasteiger partial charge in [0.05, 0.1) is 0 Å². The van der Waals surface area contributed by atoms with Crippen molar-refractivity contribution < 1.29 is 26.2 Å². The average Bonchev–Trinajstić information content (AvgIpc) is 3.30. The standard InChI is InChI=1S/C31H26.2CH3.Zr/c1-19-17-23-15-13-21-9-5-7-11-25(21)27(23)29(19)31(3,4)30-20(2)18-24-16-14-22-10-6-8-12-26(22)28(24)30;;;/h5-18H,1-4H3;2*1H3;/q-2;2*-1;+4. The van der Waals surface area contributed by atoms with Gasteiger partial charge in [-0.05, 0) is 10.8 Å². The molecule has 0 aliphatic rings. The summed E-state index contributed by atoms with van der Waals surface area (Å²) in [4.78, 5) is 0. The number of benzene rings is 4. The maximum atomic E-state index is 2.42. The number of aryl methyl sites for hydroxylation is 2. The molecule has 0 heterocycles. The van der Waals surface area contributed by atoms with Crippen LogP contribution in [0, 0.1) is 28.7 Å². The molecule has 6 aromatic carbocycles. The van der Waals surface area contributed by atoms with E-state index in [0.717, 1.165) is 0 Å². The normalized spacial score (nSPS) is 11.4. The van der Waals surface area contributed by atoms with E-state index in [-0.39, 0.29) is 46.5 Å². The zero-order valence-corrected chi connectivity index (χ0v) is 23.5. The summed E-state index contributed by atoms with van der Waals surface area (Å²) in [6.45, 7) is 9.40. The fourth-order valence-corrected chi connectivity index (χ4v) is 6.12. The molecule has 0 unspecified atom stereocenters. The fourth-order valence-electron chi connectivity index (χ4n) is 6.12. The molecule has 0 aliphatic heterocycles. The van der Waals surface area contributed by atoms with Crippen LogP contribution in [0.4, 0.5) is 0 Å². The molecule has 0 nitrogen and oxygen atoms in total. The van der Waals surface area contributed by atoms with E-state index >= 15 is 0 Å². The Morgan fingerprint density at radius 2 is 0.941 bits per heavy atom. The molecule has 0 aliphatic carbocycles. The van der Waals surface area contributed by atoms with Gasteiger partial charge in [-0.3, -0.25) is 0 Å². The SMILES string of the molecule is Cc1[cH-]c2ccc3ccccc3c2c1C(C)(C)c1c(C)[cH-]c2ccc3ccccc3c12.[CH3-].[CH3-].[Zr+4]. The minimum atomic E-state index is -0.119. The molecule has 6 aromatic rings. The molecule has 6 rings (SSSR count). The van der Waals surface area contributed by atoms with Gasteiger partial charge in [0.1, 0.15) is 0 Å². The summed E-state index contributed by atoms with van der Waals surface area (Å²) in [5.41, 5.74) is 5.56. The van der Waals surface area contributed by atoms with E-state index in [1.54, 1.807) is 0 Å². The van der Waals surface area contributed by atoms with Crippen LogP contribution in [-0.4, -0.2) is 0 Å². The van der Waals surface area contributed by atoms with Crippen molar-refractivity contribution in [3.05, 3.63) is 122 Å². The third kappa shape index (κ3) is 3.61. The van der Waals surface area contributed by atoms with Gasteiger partial charge in [0.2, 0.25) is 0 Å². The molecule has 0 fully saturated rings. The Labute approximate surface area is 223 Å². The number of hydrogen-bond donors (Lipinski definition) is 0. The molecule has 0 N–H and O–H groups in total. The maximum Gasteiger partial charge on any atom is 4.00 e. The predicted octanol–water partition coefficient (Wildman–Crippen LogP) is 9.58. The van der Waals surface area contributed by atoms with Crippen molar-refractivity contribution in [2.75, 3.05) is 0 Å². The van der Waals surface area contributed by atoms with Crippen molar-refractivity contribution in [1.82, 2.24) is 0 Å². The number of rotatable bonds is 2. The van der Waals surface area contributed by atoms with Crippen LogP contribution >= 0.6 is 0 Å². The van der Waals surface area contributed by atoms with E-state index in [1.165, 1.54) is 65.3 Å². The minimum absolute atomic E-state index is 0. The topological polar surface area (TPSA) is 0 Å². The van der Waals surface area contributed by atoms with Gasteiger partial charge in [-0.15, -0.1) is 68.1 Å². The maximum absolute atomic E-state index is 2.42. The van der Waals surface area contributed by atoms with Gasteiger partial charge in [0.15, 0.2) is 0 Å². The van der Waals surface area contributed by atoms with Crippen LogP contribution in [0.2, 0.25) is 0 Å². The van der Waals surface area contributed by atoms with Crippen LogP contribution in [0.15, 0.2) is 84.9 Å². The molecular weight excluding hydrogens is 488 g/mol. The van der Waals surface area contributed by atoms with Gasteiger partial charge in [-0.25, -0.2) is 0 Å². The first-order valence-corrected chi connectivity index (χ1v) is 11.1. The van der Waals surface area contributed by atoms with E-state index in [0.29, 0.717) is 0 Å². The monoisotopic (exact) mass is 518 g/mol. The van der Waals surface area contributed by atoms with E-state index in [9.17, 15) is 0 Å². The Morgan fingerprint density at radius 3 is 1.35 bits per heavy atom. The van der Waals surface area contributed by atoms with Crippen molar-refractivity contribution >= 4 is 43.1 Å². The molecule has 1 heteroatoms. The second kappa shape index (κ2) is 9.28. The van der Waals surface area contributed by atoms with Crippen molar-refractivity contribution in [3.8, 4) is 0 Å². The van der Waals surface area contributed by atoms with Crippen molar-refractivity contribution in [1.29, 1.82) is 0 Å². The van der Waals surface area contributed by atoms with Gasteiger partial charge in [-0.2, -0.15) is 0 Å². The molecule has 0 bridgehead atoms. The molecule has 0 saturated carbocycles. The Balaban J connectivity index is 0.00000108. The summed E-state index contributed by atoms with van der Waals surface area (Å²) in [6, 6.07) is 31.4. The summed E-state index contributed by atoms with van der Waals surface area (Å²) < 4.78 is 0. The first-order chi connectivity index (χ1) is 15.0. The molecule has 0 aromatic heterocycles. The molecule has 0 spiro atoms. The molecule has 0 atom stereocenters. The Bertz CT molecular complexity index is 1500. The van der Waals surface area contributed by atoms with E-state index in [2.05, 4.69) is 113 Å². The summed E-state index contributed by atoms with van der Waals surface area (Å²) in [6.07, 6.45) is 0. The fraction of sp³-hybridized carbons (Fsp3) is 0.152. The van der Waals surface area contributed by atoms with Crippen LogP contribution in [-0.2, 0) is 31.6 Å². The van der Waals surface area contributed by atoms with Gasteiger partial charge in [0, 0.05) is 0 Å². The van der Waals surface area contributed by atoms with E-state index in [4.69, 9.17) is 0 Å². The van der Waals surface area contributed by atoms with E-state index < -0.39 is 0 Å². The van der Waals surface area contributed by atoms with Crippen LogP contribution in [0.1, 0.15) is 36.1 Å². The van der Waals surface area contributed by atoms with Gasteiger partial charge < -0.3 is 14.9 Å². The number of hydrogen-bond acceptors (Lipinski definition) is 0. The molecule has 0 saturated heterocycles. The van der Waals surface area contributed by atoms with Crippen LogP contribution in [0.5, 0.6) is 0 Å². The van der Waals surface area contributed by atoms with Crippen LogP contribution < -0.4 is 0 Å². The Kier molecular flexibility index (Phi) is 7.12. The first kappa shape index (κ1) is 26.1. The Morgan fingerprint density at radius 1 is 0.559 bits per heavy atom. The molecule has 0 radical (unpaired) electrons. The zero-order valence-electron chi connectivity index (χ0n) is 21.1. The molecule has 0 amide bonds. The Hall–Kier alpha value is -2.50. The second-order valence-corrected chi connectivity index (χ2v) is 9.53. The molecule has 34 heavy (non-hydrogen) atoms. The zero-order chi connectivity index (χ0) is 21.3. The third-order valence-corrected chi connectivity index (χ3v) is 7.21. The third-order valence-electron chi connectivity index (χ3n) is 7.21. The largest absolute Gasteiger partial charge is 4.00 e. The van der Waals surface area contributed by atoms with Gasteiger partial charge >= 0.3 is 26.2 Å². The predicted molar refractivity (Wildman–Crippen MR) is 149 cm³/mol. The minimum Gasteiger partial charge on any atom is -0.358 e. The summed E-state index contributed by atoms with van der Waals surface area (Å²) >= 11 is 0. The first-order valence-electron chi connectivity index (χ1n) is 11.1. The second-order valence-electron chi connectivity index (χ2n) is 9.53. The van der Waals surface area contributed by atoms with Crippen molar-refractivity contribution in [2.24, 2.45) is 0 Å². The van der Waals surface area contributed by atoms with Gasteiger partial charge in [-0.1, -0.05) is 105 Å². The number of fused-ring (bicyclic) bond motifs is 6. The smallest absolute Gasteiger partial charge is 0.358 e. The quantitative estimate of drug-likeness (QED) is 0.200. The van der Waals surface area contributed by atoms with Crippen LogP contribution in [0.25, 0.3) is 43.1 Å². The van der Waals surface area contributed by atoms with Crippen molar-refractivity contribution in [3.63, 3.8) is 0 Å². The van der Waals surface area contributed by atoms with Crippen LogP contribution in [0.3, 0.4) is 0 Å². The average molecular weight is 520 g/mol. The molecular formula is C33H32Zr. The van der Waals surface area contributed by atoms with Gasteiger partial charge in [0.25, 0.3) is 0 Å².